The predicted molar refractivity (Wildman–Crippen MR) is 68.8 cm³/mol. The van der Waals surface area contributed by atoms with E-state index in [1.807, 2.05) is 0 Å². The van der Waals surface area contributed by atoms with Crippen LogP contribution in [0.1, 0.15) is 13.8 Å². The smallest absolute Gasteiger partial charge is 0.246 e. The fraction of sp³-hybridized carbons (Fsp3) is 0.364. The van der Waals surface area contributed by atoms with Crippen LogP contribution >= 0.6 is 0 Å². The van der Waals surface area contributed by atoms with Crippen molar-refractivity contribution in [1.29, 1.82) is 0 Å². The van der Waals surface area contributed by atoms with E-state index in [2.05, 4.69) is 5.16 Å². The standard InChI is InChI=1S/C11H15F2N3O3S/c1-7(2)16(6-11(14)15-17)20(18,19)10-5-8(12)3-4-9(10)13/h3-5,7,17H,6H2,1-2H3,(H2,14,15). The highest BCUT2D eigenvalue weighted by Gasteiger charge is 2.30. The van der Waals surface area contributed by atoms with Crippen LogP contribution in [0, 0.1) is 11.6 Å². The normalized spacial score (nSPS) is 13.2. The van der Waals surface area contributed by atoms with Crippen LogP contribution in [0.2, 0.25) is 0 Å². The van der Waals surface area contributed by atoms with Gasteiger partial charge in [0.25, 0.3) is 0 Å². The SMILES string of the molecule is CC(C)N(CC(N)=NO)S(=O)(=O)c1cc(F)ccc1F. The summed E-state index contributed by atoms with van der Waals surface area (Å²) in [5, 5.41) is 11.2. The molecule has 3 N–H and O–H groups in total. The molecule has 0 saturated heterocycles. The Labute approximate surface area is 115 Å². The van der Waals surface area contributed by atoms with Crippen molar-refractivity contribution >= 4 is 15.9 Å². The Balaban J connectivity index is 3.33. The van der Waals surface area contributed by atoms with Gasteiger partial charge in [-0.2, -0.15) is 4.31 Å². The topological polar surface area (TPSA) is 96.0 Å². The van der Waals surface area contributed by atoms with Crippen molar-refractivity contribution in [2.24, 2.45) is 10.9 Å². The lowest BCUT2D eigenvalue weighted by Crippen LogP contribution is -2.43. The van der Waals surface area contributed by atoms with Crippen LogP contribution in [0.25, 0.3) is 0 Å². The van der Waals surface area contributed by atoms with Crippen molar-refractivity contribution in [2.75, 3.05) is 6.54 Å². The summed E-state index contributed by atoms with van der Waals surface area (Å²) in [5.74, 6) is -2.31. The van der Waals surface area contributed by atoms with Gasteiger partial charge in [0.15, 0.2) is 5.84 Å². The van der Waals surface area contributed by atoms with Gasteiger partial charge < -0.3 is 10.9 Å². The van der Waals surface area contributed by atoms with Gasteiger partial charge in [0.1, 0.15) is 16.5 Å². The Morgan fingerprint density at radius 1 is 1.45 bits per heavy atom. The maximum atomic E-state index is 13.6. The molecule has 1 aromatic rings. The Morgan fingerprint density at radius 2 is 2.05 bits per heavy atom. The minimum Gasteiger partial charge on any atom is -0.409 e. The first-order chi connectivity index (χ1) is 9.20. The molecule has 0 radical (unpaired) electrons. The number of nitrogens with two attached hydrogens (primary N) is 1. The van der Waals surface area contributed by atoms with Crippen LogP contribution in [0.4, 0.5) is 8.78 Å². The number of oxime groups is 1. The molecule has 0 bridgehead atoms. The Morgan fingerprint density at radius 3 is 2.55 bits per heavy atom. The lowest BCUT2D eigenvalue weighted by molar-refractivity contribution is 0.312. The van der Waals surface area contributed by atoms with Crippen LogP contribution < -0.4 is 5.73 Å². The summed E-state index contributed by atoms with van der Waals surface area (Å²) >= 11 is 0. The second-order valence-electron chi connectivity index (χ2n) is 4.31. The van der Waals surface area contributed by atoms with Crippen LogP contribution in [0.3, 0.4) is 0 Å². The van der Waals surface area contributed by atoms with Crippen molar-refractivity contribution in [1.82, 2.24) is 4.31 Å². The van der Waals surface area contributed by atoms with Gasteiger partial charge in [0.05, 0.1) is 6.54 Å². The highest BCUT2D eigenvalue weighted by Crippen LogP contribution is 2.22. The van der Waals surface area contributed by atoms with Gasteiger partial charge >= 0.3 is 0 Å². The van der Waals surface area contributed by atoms with E-state index in [1.54, 1.807) is 0 Å². The summed E-state index contributed by atoms with van der Waals surface area (Å²) in [7, 11) is -4.31. The number of benzene rings is 1. The minimum atomic E-state index is -4.31. The lowest BCUT2D eigenvalue weighted by atomic mass is 10.3. The van der Waals surface area contributed by atoms with Gasteiger partial charge in [-0.1, -0.05) is 5.16 Å². The Kier molecular flexibility index (Phi) is 5.01. The second kappa shape index (κ2) is 6.14. The molecule has 0 aromatic heterocycles. The molecule has 6 nitrogen and oxygen atoms in total. The summed E-state index contributed by atoms with van der Waals surface area (Å²) in [5.41, 5.74) is 5.28. The lowest BCUT2D eigenvalue weighted by Gasteiger charge is -2.25. The van der Waals surface area contributed by atoms with Gasteiger partial charge in [-0.15, -0.1) is 0 Å². The largest absolute Gasteiger partial charge is 0.409 e. The first kappa shape index (κ1) is 16.3. The molecule has 0 aliphatic rings. The van der Waals surface area contributed by atoms with Crippen molar-refractivity contribution < 1.29 is 22.4 Å². The predicted octanol–water partition coefficient (Wildman–Crippen LogP) is 1.11. The summed E-state index contributed by atoms with van der Waals surface area (Å²) in [6.45, 7) is 2.62. The van der Waals surface area contributed by atoms with Crippen LogP contribution in [-0.2, 0) is 10.0 Å². The first-order valence-corrected chi connectivity index (χ1v) is 7.07. The maximum Gasteiger partial charge on any atom is 0.246 e. The van der Waals surface area contributed by atoms with E-state index >= 15 is 0 Å². The molecule has 0 saturated carbocycles. The Hall–Kier alpha value is -1.74. The first-order valence-electron chi connectivity index (χ1n) is 5.63. The highest BCUT2D eigenvalue weighted by molar-refractivity contribution is 7.89. The highest BCUT2D eigenvalue weighted by atomic mass is 32.2. The number of rotatable bonds is 5. The van der Waals surface area contributed by atoms with E-state index in [-0.39, 0.29) is 5.84 Å². The third-order valence-corrected chi connectivity index (χ3v) is 4.54. The monoisotopic (exact) mass is 307 g/mol. The maximum absolute atomic E-state index is 13.6. The van der Waals surface area contributed by atoms with Gasteiger partial charge in [-0.3, -0.25) is 0 Å². The molecule has 0 heterocycles. The fourth-order valence-electron chi connectivity index (χ4n) is 1.54. The molecule has 0 aliphatic carbocycles. The zero-order chi connectivity index (χ0) is 15.5. The average Bonchev–Trinajstić information content (AvgIpc) is 2.37. The van der Waals surface area contributed by atoms with Crippen LogP contribution in [0.15, 0.2) is 28.3 Å². The number of hydrogen-bond donors (Lipinski definition) is 2. The van der Waals surface area contributed by atoms with E-state index in [0.29, 0.717) is 6.07 Å². The summed E-state index contributed by atoms with van der Waals surface area (Å²) in [4.78, 5) is -0.795. The van der Waals surface area contributed by atoms with Crippen molar-refractivity contribution in [3.8, 4) is 0 Å². The zero-order valence-corrected chi connectivity index (χ0v) is 11.7. The average molecular weight is 307 g/mol. The van der Waals surface area contributed by atoms with Crippen molar-refractivity contribution in [3.05, 3.63) is 29.8 Å². The van der Waals surface area contributed by atoms with E-state index in [1.165, 1.54) is 13.8 Å². The number of sulfonamides is 1. The molecule has 0 amide bonds. The van der Waals surface area contributed by atoms with Crippen LogP contribution in [0.5, 0.6) is 0 Å². The summed E-state index contributed by atoms with van der Waals surface area (Å²) in [6.07, 6.45) is 0. The van der Waals surface area contributed by atoms with Gasteiger partial charge in [0, 0.05) is 6.04 Å². The third-order valence-electron chi connectivity index (χ3n) is 2.50. The molecule has 20 heavy (non-hydrogen) atoms. The molecule has 0 aliphatic heterocycles. The third kappa shape index (κ3) is 3.42. The molecule has 9 heteroatoms. The number of halogens is 2. The molecule has 0 unspecified atom stereocenters. The molecule has 0 fully saturated rings. The summed E-state index contributed by atoms with van der Waals surface area (Å²) < 4.78 is 52.2. The van der Waals surface area contributed by atoms with Gasteiger partial charge in [-0.25, -0.2) is 17.2 Å². The summed E-state index contributed by atoms with van der Waals surface area (Å²) in [6, 6.07) is 1.54. The molecular formula is C11H15F2N3O3S. The zero-order valence-electron chi connectivity index (χ0n) is 10.9. The molecule has 1 rings (SSSR count). The molecule has 0 atom stereocenters. The Bertz CT molecular complexity index is 617. The molecule has 1 aromatic carbocycles. The van der Waals surface area contributed by atoms with Crippen molar-refractivity contribution in [2.45, 2.75) is 24.8 Å². The minimum absolute atomic E-state index is 0.362. The number of amidine groups is 1. The number of nitrogens with zero attached hydrogens (tertiary/aromatic N) is 2. The fourth-order valence-corrected chi connectivity index (χ4v) is 3.22. The molecule has 112 valence electrons. The van der Waals surface area contributed by atoms with Gasteiger partial charge in [0.2, 0.25) is 10.0 Å². The quantitative estimate of drug-likeness (QED) is 0.368. The van der Waals surface area contributed by atoms with Crippen LogP contribution in [-0.4, -0.2) is 36.4 Å². The van der Waals surface area contributed by atoms with E-state index in [4.69, 9.17) is 10.9 Å². The van der Waals surface area contributed by atoms with E-state index in [0.717, 1.165) is 16.4 Å². The van der Waals surface area contributed by atoms with Crippen molar-refractivity contribution in [3.63, 3.8) is 0 Å². The molecular weight excluding hydrogens is 292 g/mol. The van der Waals surface area contributed by atoms with E-state index in [9.17, 15) is 17.2 Å². The van der Waals surface area contributed by atoms with Gasteiger partial charge in [-0.05, 0) is 32.0 Å². The molecule has 0 spiro atoms. The number of hydrogen-bond acceptors (Lipinski definition) is 4. The van der Waals surface area contributed by atoms with E-state index < -0.39 is 39.1 Å². The second-order valence-corrected chi connectivity index (χ2v) is 6.17.